The van der Waals surface area contributed by atoms with Gasteiger partial charge in [-0.05, 0) is 36.1 Å². The number of piperidine rings is 6. The van der Waals surface area contributed by atoms with Gasteiger partial charge in [0.25, 0.3) is 0 Å². The summed E-state index contributed by atoms with van der Waals surface area (Å²) in [5, 5.41) is 24.5. The summed E-state index contributed by atoms with van der Waals surface area (Å²) in [5.41, 5.74) is 4.07. The summed E-state index contributed by atoms with van der Waals surface area (Å²) in [6, 6.07) is 16.5. The van der Waals surface area contributed by atoms with E-state index in [1.807, 2.05) is 60.9 Å². The van der Waals surface area contributed by atoms with Crippen LogP contribution in [0.25, 0.3) is 21.8 Å². The molecule has 2 aromatic heterocycles. The summed E-state index contributed by atoms with van der Waals surface area (Å²) < 4.78 is 44.8. The van der Waals surface area contributed by atoms with Gasteiger partial charge in [0.05, 0.1) is 51.2 Å². The van der Waals surface area contributed by atoms with E-state index in [-0.39, 0.29) is 36.9 Å². The Balaban J connectivity index is 0.000000211. The van der Waals surface area contributed by atoms with Crippen LogP contribution in [0.15, 0.2) is 86.2 Å². The molecular formula is C40H52Cl2N4O8S. The summed E-state index contributed by atoms with van der Waals surface area (Å²) >= 11 is 0. The second-order valence-electron chi connectivity index (χ2n) is 14.8. The number of methoxy groups -OCH3 is 2. The van der Waals surface area contributed by atoms with E-state index in [0.717, 1.165) is 83.5 Å². The van der Waals surface area contributed by atoms with E-state index in [4.69, 9.17) is 27.0 Å². The van der Waals surface area contributed by atoms with Crippen molar-refractivity contribution in [2.75, 3.05) is 40.4 Å². The summed E-state index contributed by atoms with van der Waals surface area (Å²) in [7, 11) is -1.81. The van der Waals surface area contributed by atoms with Crippen LogP contribution in [0.2, 0.25) is 0 Å². The van der Waals surface area contributed by atoms with Gasteiger partial charge >= 0.3 is 0 Å². The Kier molecular flexibility index (Phi) is 15.5. The zero-order valence-electron chi connectivity index (χ0n) is 31.1. The third-order valence-electron chi connectivity index (χ3n) is 12.1. The summed E-state index contributed by atoms with van der Waals surface area (Å²) in [6.45, 7) is 12.5. The molecule has 6 saturated heterocycles. The van der Waals surface area contributed by atoms with Crippen molar-refractivity contribution in [2.45, 2.75) is 50.0 Å². The van der Waals surface area contributed by atoms with Crippen LogP contribution in [0.3, 0.4) is 0 Å². The standard InChI is InChI=1S/2C20H24N2O2.2ClH.H2O4S/c2*1-3-13-12-22-9-7-14(13)10-19(22)20(23)16-6-8-21-18-5-4-15(24-2)11-17(16)18;;;1-5(2,3)4/h2*3-6,8,11,13-14,19-20,23H,1,7,9-10,12H2,2H3;2*1H;(H2,1,2,3,4)/t2*13-,14-,19-,20+;;;/m00.../s1. The van der Waals surface area contributed by atoms with Crippen molar-refractivity contribution in [3.63, 3.8) is 0 Å². The van der Waals surface area contributed by atoms with Gasteiger partial charge in [0.1, 0.15) is 35.8 Å². The largest absolute Gasteiger partial charge is 1.00 e. The molecule has 2 aromatic carbocycles. The number of aliphatic hydroxyl groups is 2. The van der Waals surface area contributed by atoms with E-state index in [1.54, 1.807) is 14.2 Å². The third kappa shape index (κ3) is 10.1. The fraction of sp³-hybridized carbons (Fsp3) is 0.450. The lowest BCUT2D eigenvalue weighted by molar-refractivity contribution is -0.949. The van der Waals surface area contributed by atoms with Gasteiger partial charge in [-0.2, -0.15) is 0 Å². The van der Waals surface area contributed by atoms with Crippen LogP contribution in [0.4, 0.5) is 0 Å². The van der Waals surface area contributed by atoms with E-state index in [1.165, 1.54) is 22.6 Å². The van der Waals surface area contributed by atoms with Crippen molar-refractivity contribution in [2.24, 2.45) is 23.7 Å². The van der Waals surface area contributed by atoms with Crippen LogP contribution in [0, 0.1) is 23.7 Å². The maximum Gasteiger partial charge on any atom is 0.211 e. The lowest BCUT2D eigenvalue weighted by Gasteiger charge is -2.47. The number of halogens is 2. The minimum absolute atomic E-state index is 0. The van der Waals surface area contributed by atoms with Crippen LogP contribution >= 0.6 is 0 Å². The molecule has 6 aliphatic heterocycles. The Hall–Kier alpha value is -3.37. The van der Waals surface area contributed by atoms with Crippen LogP contribution in [0.5, 0.6) is 11.5 Å². The normalized spacial score (nSPS) is 27.5. The van der Waals surface area contributed by atoms with Crippen molar-refractivity contribution >= 4 is 32.2 Å². The molecule has 0 aliphatic carbocycles. The van der Waals surface area contributed by atoms with Gasteiger partial charge in [-0.3, -0.25) is 8.42 Å². The number of ether oxygens (including phenoxy) is 2. The zero-order valence-corrected chi connectivity index (χ0v) is 33.5. The number of quaternary nitrogens is 2. The number of aliphatic hydroxyl groups excluding tert-OH is 2. The van der Waals surface area contributed by atoms with Gasteiger partial charge in [0.2, 0.25) is 11.0 Å². The van der Waals surface area contributed by atoms with E-state index >= 15 is 0 Å². The highest BCUT2D eigenvalue weighted by Crippen LogP contribution is 2.36. The van der Waals surface area contributed by atoms with Gasteiger partial charge in [-0.25, -0.2) is 9.97 Å². The molecule has 10 rings (SSSR count). The van der Waals surface area contributed by atoms with Crippen LogP contribution < -0.4 is 54.1 Å². The van der Waals surface area contributed by atoms with Crippen molar-refractivity contribution in [1.29, 1.82) is 0 Å². The van der Waals surface area contributed by atoms with Gasteiger partial charge < -0.3 is 63.4 Å². The Labute approximate surface area is 335 Å². The molecule has 55 heavy (non-hydrogen) atoms. The monoisotopic (exact) mass is 818 g/mol. The fourth-order valence-corrected chi connectivity index (χ4v) is 9.41. The molecule has 300 valence electrons. The van der Waals surface area contributed by atoms with Crippen LogP contribution in [0.1, 0.15) is 49.0 Å². The first-order chi connectivity index (χ1) is 25.4. The van der Waals surface area contributed by atoms with Crippen molar-refractivity contribution in [3.8, 4) is 11.5 Å². The number of rotatable bonds is 8. The first kappa shape index (κ1) is 44.3. The average molecular weight is 820 g/mol. The molecule has 6 fully saturated rings. The van der Waals surface area contributed by atoms with E-state index in [2.05, 4.69) is 35.3 Å². The number of H-pyrrole nitrogens is 2. The second-order valence-corrected chi connectivity index (χ2v) is 15.6. The number of aromatic nitrogens is 2. The lowest BCUT2D eigenvalue weighted by atomic mass is 9.73. The fourth-order valence-electron chi connectivity index (χ4n) is 9.41. The highest BCUT2D eigenvalue weighted by molar-refractivity contribution is 7.79. The van der Waals surface area contributed by atoms with E-state index in [9.17, 15) is 10.2 Å². The molecule has 0 amide bonds. The summed E-state index contributed by atoms with van der Waals surface area (Å²) in [6.07, 6.45) is 11.9. The average Bonchev–Trinajstić information content (AvgIpc) is 3.19. The molecule has 2 unspecified atom stereocenters. The first-order valence-corrected chi connectivity index (χ1v) is 19.7. The lowest BCUT2D eigenvalue weighted by Crippen LogP contribution is -3.20. The molecule has 15 heteroatoms. The molecule has 0 spiro atoms. The molecular weight excluding hydrogens is 767 g/mol. The molecule has 0 radical (unpaired) electrons. The quantitative estimate of drug-likeness (QED) is 0.0778. The first-order valence-electron chi connectivity index (χ1n) is 18.4. The summed E-state index contributed by atoms with van der Waals surface area (Å²) in [5.74, 6) is 4.21. The number of fused-ring (bicyclic) bond motifs is 8. The van der Waals surface area contributed by atoms with Crippen LogP contribution in [-0.2, 0) is 10.4 Å². The van der Waals surface area contributed by atoms with Gasteiger partial charge in [-0.15, -0.1) is 13.2 Å². The molecule has 6 N–H and O–H groups in total. The number of nitrogens with one attached hydrogen (secondary N) is 4. The Morgan fingerprint density at radius 2 is 1.13 bits per heavy atom. The highest BCUT2D eigenvalue weighted by Gasteiger charge is 2.47. The molecule has 4 aromatic rings. The van der Waals surface area contributed by atoms with Crippen molar-refractivity contribution in [1.82, 2.24) is 0 Å². The molecule has 10 atom stereocenters. The van der Waals surface area contributed by atoms with Gasteiger partial charge in [-0.1, -0.05) is 12.2 Å². The number of hydrogen-bond acceptors (Lipinski definition) is 8. The maximum absolute atomic E-state index is 11.2. The smallest absolute Gasteiger partial charge is 0.211 e. The second kappa shape index (κ2) is 19.2. The van der Waals surface area contributed by atoms with Crippen LogP contribution in [-0.4, -0.2) is 80.2 Å². The number of aromatic amines is 2. The van der Waals surface area contributed by atoms with Gasteiger partial charge in [0, 0.05) is 83.3 Å². The third-order valence-corrected chi connectivity index (χ3v) is 12.1. The number of hydrogen-bond donors (Lipinski definition) is 4. The van der Waals surface area contributed by atoms with Gasteiger partial charge in [0.15, 0.2) is 12.4 Å². The van der Waals surface area contributed by atoms with Crippen molar-refractivity contribution in [3.05, 3.63) is 97.4 Å². The zero-order chi connectivity index (χ0) is 37.9. The Morgan fingerprint density at radius 3 is 1.44 bits per heavy atom. The minimum atomic E-state index is -5.17. The molecule has 6 aliphatic rings. The molecule has 8 heterocycles. The predicted molar refractivity (Wildman–Crippen MR) is 196 cm³/mol. The summed E-state index contributed by atoms with van der Waals surface area (Å²) in [4.78, 5) is 9.58. The SMILES string of the molecule is C=C[C@H]1C[NH+]2CC[C@H]1C[C@H]2[C@H](O)c1cc[nH+]c2ccc(OC)cc12.C=C[C@H]1C[NH+]2CC[C@H]1C[C@H]2[C@H](O)c1cc[nH+]c2ccc(OC)cc12.O=S(=O)([O-])[O-].[Cl-].[Cl-]. The molecule has 0 saturated carbocycles. The van der Waals surface area contributed by atoms with E-state index < -0.39 is 22.6 Å². The topological polar surface area (TPSA) is 176 Å². The van der Waals surface area contributed by atoms with E-state index in [0.29, 0.717) is 23.7 Å². The Bertz CT molecular complexity index is 1900. The number of benzene rings is 2. The predicted octanol–water partition coefficient (Wildman–Crippen LogP) is -4.98. The highest BCUT2D eigenvalue weighted by atomic mass is 35.5. The Morgan fingerprint density at radius 1 is 0.745 bits per heavy atom. The number of pyridine rings is 2. The maximum atomic E-state index is 11.2. The minimum Gasteiger partial charge on any atom is -1.00 e. The van der Waals surface area contributed by atoms with Crippen molar-refractivity contribution < 1.29 is 81.8 Å². The molecule has 4 bridgehead atoms. The molecule has 12 nitrogen and oxygen atoms in total.